The Hall–Kier alpha value is -1.79. The smallest absolute Gasteiger partial charge is 0.173 e. The van der Waals surface area contributed by atoms with Crippen LogP contribution < -0.4 is 10.5 Å². The molecule has 3 N–H and O–H groups in total. The SMILES string of the molecule is N/C(=N/O)c1ccc(Cl)cc1Oc1cc(F)ccc1Br. The van der Waals surface area contributed by atoms with E-state index in [1.165, 1.54) is 24.3 Å². The van der Waals surface area contributed by atoms with Crippen molar-refractivity contribution in [3.8, 4) is 11.5 Å². The second-order valence-corrected chi connectivity index (χ2v) is 5.09. The van der Waals surface area contributed by atoms with Gasteiger partial charge in [0.25, 0.3) is 0 Å². The summed E-state index contributed by atoms with van der Waals surface area (Å²) < 4.78 is 19.4. The maximum Gasteiger partial charge on any atom is 0.173 e. The van der Waals surface area contributed by atoms with Gasteiger partial charge in [-0.2, -0.15) is 0 Å². The quantitative estimate of drug-likeness (QED) is 0.375. The van der Waals surface area contributed by atoms with E-state index in [1.807, 2.05) is 0 Å². The normalized spacial score (nSPS) is 11.4. The number of oxime groups is 1. The molecule has 0 atom stereocenters. The molecule has 0 spiro atoms. The van der Waals surface area contributed by atoms with Crippen molar-refractivity contribution in [3.63, 3.8) is 0 Å². The molecule has 2 rings (SSSR count). The molecule has 4 nitrogen and oxygen atoms in total. The molecule has 0 fully saturated rings. The second kappa shape index (κ2) is 6.11. The number of hydrogen-bond acceptors (Lipinski definition) is 3. The molecule has 104 valence electrons. The summed E-state index contributed by atoms with van der Waals surface area (Å²) >= 11 is 9.14. The van der Waals surface area contributed by atoms with Gasteiger partial charge < -0.3 is 15.7 Å². The predicted molar refractivity (Wildman–Crippen MR) is 78.1 cm³/mol. The van der Waals surface area contributed by atoms with Crippen molar-refractivity contribution in [2.45, 2.75) is 0 Å². The zero-order valence-electron chi connectivity index (χ0n) is 9.98. The molecule has 0 aliphatic heterocycles. The van der Waals surface area contributed by atoms with Crippen molar-refractivity contribution < 1.29 is 14.3 Å². The molecule has 0 aliphatic rings. The maximum atomic E-state index is 13.2. The highest BCUT2D eigenvalue weighted by Gasteiger charge is 2.12. The summed E-state index contributed by atoms with van der Waals surface area (Å²) in [4.78, 5) is 0. The molecular weight excluding hydrogens is 351 g/mol. The molecule has 0 aliphatic carbocycles. The van der Waals surface area contributed by atoms with Gasteiger partial charge in [-0.3, -0.25) is 0 Å². The average Bonchev–Trinajstić information content (AvgIpc) is 2.42. The summed E-state index contributed by atoms with van der Waals surface area (Å²) in [7, 11) is 0. The summed E-state index contributed by atoms with van der Waals surface area (Å²) in [5.74, 6) is -0.0851. The Morgan fingerprint density at radius 1 is 1.25 bits per heavy atom. The lowest BCUT2D eigenvalue weighted by molar-refractivity contribution is 0.318. The van der Waals surface area contributed by atoms with Crippen LogP contribution in [0.3, 0.4) is 0 Å². The third kappa shape index (κ3) is 3.20. The third-order valence-electron chi connectivity index (χ3n) is 2.44. The minimum atomic E-state index is -0.449. The Bertz CT molecular complexity index is 679. The summed E-state index contributed by atoms with van der Waals surface area (Å²) in [6.45, 7) is 0. The molecule has 2 aromatic rings. The number of hydrogen-bond donors (Lipinski definition) is 2. The minimum absolute atomic E-state index is 0.135. The molecule has 0 saturated heterocycles. The first-order valence-electron chi connectivity index (χ1n) is 5.41. The zero-order valence-corrected chi connectivity index (χ0v) is 12.3. The Balaban J connectivity index is 2.47. The topological polar surface area (TPSA) is 67.8 Å². The van der Waals surface area contributed by atoms with Crippen molar-refractivity contribution in [1.82, 2.24) is 0 Å². The third-order valence-corrected chi connectivity index (χ3v) is 3.33. The fraction of sp³-hybridized carbons (Fsp3) is 0. The van der Waals surface area contributed by atoms with Crippen LogP contribution in [-0.2, 0) is 0 Å². The minimum Gasteiger partial charge on any atom is -0.455 e. The number of nitrogens with zero attached hydrogens (tertiary/aromatic N) is 1. The van der Waals surface area contributed by atoms with E-state index in [0.29, 0.717) is 15.1 Å². The van der Waals surface area contributed by atoms with Gasteiger partial charge in [0, 0.05) is 17.2 Å². The average molecular weight is 360 g/mol. The van der Waals surface area contributed by atoms with E-state index in [1.54, 1.807) is 12.1 Å². The molecule has 0 unspecified atom stereocenters. The summed E-state index contributed by atoms with van der Waals surface area (Å²) in [5, 5.41) is 12.1. The van der Waals surface area contributed by atoms with Gasteiger partial charge in [0.15, 0.2) is 5.84 Å². The van der Waals surface area contributed by atoms with Gasteiger partial charge in [0.1, 0.15) is 17.3 Å². The van der Waals surface area contributed by atoms with Gasteiger partial charge in [-0.1, -0.05) is 16.8 Å². The molecule has 0 saturated carbocycles. The highest BCUT2D eigenvalue weighted by molar-refractivity contribution is 9.10. The Labute approximate surface area is 127 Å². The fourth-order valence-corrected chi connectivity index (χ4v) is 2.01. The first kappa shape index (κ1) is 14.6. The van der Waals surface area contributed by atoms with Crippen LogP contribution in [0.4, 0.5) is 4.39 Å². The van der Waals surface area contributed by atoms with E-state index in [9.17, 15) is 4.39 Å². The molecule has 0 aromatic heterocycles. The van der Waals surface area contributed by atoms with Crippen molar-refractivity contribution in [1.29, 1.82) is 0 Å². The van der Waals surface area contributed by atoms with E-state index in [4.69, 9.17) is 27.3 Å². The predicted octanol–water partition coefficient (Wildman–Crippen LogP) is 4.13. The lowest BCUT2D eigenvalue weighted by Gasteiger charge is -2.12. The number of ether oxygens (including phenoxy) is 1. The Morgan fingerprint density at radius 3 is 2.70 bits per heavy atom. The number of amidine groups is 1. The highest BCUT2D eigenvalue weighted by Crippen LogP contribution is 2.33. The van der Waals surface area contributed by atoms with Crippen molar-refractivity contribution in [2.75, 3.05) is 0 Å². The Kier molecular flexibility index (Phi) is 4.46. The molecule has 0 bridgehead atoms. The van der Waals surface area contributed by atoms with E-state index >= 15 is 0 Å². The summed E-state index contributed by atoms with van der Waals surface area (Å²) in [6, 6.07) is 8.62. The molecule has 20 heavy (non-hydrogen) atoms. The van der Waals surface area contributed by atoms with E-state index < -0.39 is 5.82 Å². The molecule has 2 aromatic carbocycles. The summed E-state index contributed by atoms with van der Waals surface area (Å²) in [5.41, 5.74) is 5.90. The van der Waals surface area contributed by atoms with Gasteiger partial charge >= 0.3 is 0 Å². The standard InChI is InChI=1S/C13H9BrClFN2O2/c14-10-4-2-8(16)6-12(10)20-11-5-7(15)1-3-9(11)13(17)18-19/h1-6,19H,(H2,17,18). The van der Waals surface area contributed by atoms with Gasteiger partial charge in [-0.25, -0.2) is 4.39 Å². The van der Waals surface area contributed by atoms with E-state index in [0.717, 1.165) is 0 Å². The second-order valence-electron chi connectivity index (χ2n) is 3.80. The summed E-state index contributed by atoms with van der Waals surface area (Å²) in [6.07, 6.45) is 0. The molecular formula is C13H9BrClFN2O2. The van der Waals surface area contributed by atoms with Crippen molar-refractivity contribution in [2.24, 2.45) is 10.9 Å². The first-order chi connectivity index (χ1) is 9.51. The van der Waals surface area contributed by atoms with Crippen LogP contribution in [0, 0.1) is 5.82 Å². The number of nitrogens with two attached hydrogens (primary N) is 1. The van der Waals surface area contributed by atoms with Crippen LogP contribution in [0.1, 0.15) is 5.56 Å². The van der Waals surface area contributed by atoms with Gasteiger partial charge in [-0.15, -0.1) is 0 Å². The lowest BCUT2D eigenvalue weighted by atomic mass is 10.2. The lowest BCUT2D eigenvalue weighted by Crippen LogP contribution is -2.14. The molecule has 0 heterocycles. The van der Waals surface area contributed by atoms with Gasteiger partial charge in [0.2, 0.25) is 0 Å². The molecule has 7 heteroatoms. The zero-order chi connectivity index (χ0) is 14.7. The first-order valence-corrected chi connectivity index (χ1v) is 6.58. The largest absolute Gasteiger partial charge is 0.455 e. The molecule has 0 radical (unpaired) electrons. The van der Waals surface area contributed by atoms with Gasteiger partial charge in [0.05, 0.1) is 10.0 Å². The van der Waals surface area contributed by atoms with Crippen molar-refractivity contribution in [3.05, 3.63) is 57.3 Å². The number of benzene rings is 2. The maximum absolute atomic E-state index is 13.2. The highest BCUT2D eigenvalue weighted by atomic mass is 79.9. The van der Waals surface area contributed by atoms with Crippen LogP contribution >= 0.6 is 27.5 Å². The van der Waals surface area contributed by atoms with Crippen LogP contribution in [-0.4, -0.2) is 11.0 Å². The van der Waals surface area contributed by atoms with Crippen LogP contribution in [0.2, 0.25) is 5.02 Å². The number of halogens is 3. The van der Waals surface area contributed by atoms with Crippen LogP contribution in [0.5, 0.6) is 11.5 Å². The van der Waals surface area contributed by atoms with E-state index in [2.05, 4.69) is 21.1 Å². The van der Waals surface area contributed by atoms with Crippen LogP contribution in [0.15, 0.2) is 46.0 Å². The monoisotopic (exact) mass is 358 g/mol. The van der Waals surface area contributed by atoms with Crippen molar-refractivity contribution >= 4 is 33.4 Å². The molecule has 0 amide bonds. The number of rotatable bonds is 3. The van der Waals surface area contributed by atoms with Gasteiger partial charge in [-0.05, 0) is 40.2 Å². The van der Waals surface area contributed by atoms with Crippen LogP contribution in [0.25, 0.3) is 0 Å². The fourth-order valence-electron chi connectivity index (χ4n) is 1.52. The Morgan fingerprint density at radius 2 is 2.00 bits per heavy atom. The van der Waals surface area contributed by atoms with E-state index in [-0.39, 0.29) is 17.3 Å².